The van der Waals surface area contributed by atoms with Crippen molar-refractivity contribution in [3.8, 4) is 0 Å². The molecule has 2 aromatic rings. The molecule has 1 aliphatic heterocycles. The highest BCUT2D eigenvalue weighted by Gasteiger charge is 2.23. The third-order valence-corrected chi connectivity index (χ3v) is 3.96. The average molecular weight is 272 g/mol. The van der Waals surface area contributed by atoms with Gasteiger partial charge in [-0.15, -0.1) is 5.10 Å². The van der Waals surface area contributed by atoms with Gasteiger partial charge in [-0.1, -0.05) is 5.21 Å². The third-order valence-electron chi connectivity index (χ3n) is 3.96. The lowest BCUT2D eigenvalue weighted by Gasteiger charge is -2.30. The Bertz CT molecular complexity index is 571. The summed E-state index contributed by atoms with van der Waals surface area (Å²) in [7, 11) is 1.94. The lowest BCUT2D eigenvalue weighted by atomic mass is 9.96. The number of aromatic nitrogens is 5. The molecule has 0 amide bonds. The SMILES string of the molecule is Cc1ccnc(C2CCN(Cc3cnnn3C)CC2)n1. The molecule has 6 nitrogen and oxygen atoms in total. The monoisotopic (exact) mass is 272 g/mol. The Morgan fingerprint density at radius 3 is 2.75 bits per heavy atom. The topological polar surface area (TPSA) is 59.7 Å². The highest BCUT2D eigenvalue weighted by molar-refractivity contribution is 5.05. The molecule has 0 atom stereocenters. The van der Waals surface area contributed by atoms with E-state index in [2.05, 4.69) is 25.2 Å². The van der Waals surface area contributed by atoms with Crippen LogP contribution in [0.2, 0.25) is 0 Å². The lowest BCUT2D eigenvalue weighted by Crippen LogP contribution is -2.33. The number of likely N-dealkylation sites (tertiary alicyclic amines) is 1. The Hall–Kier alpha value is -1.82. The number of piperidine rings is 1. The second kappa shape index (κ2) is 5.66. The second-order valence-electron chi connectivity index (χ2n) is 5.46. The third kappa shape index (κ3) is 2.85. The van der Waals surface area contributed by atoms with Gasteiger partial charge in [0.1, 0.15) is 5.82 Å². The summed E-state index contributed by atoms with van der Waals surface area (Å²) in [5.74, 6) is 1.50. The van der Waals surface area contributed by atoms with Crippen LogP contribution in [0.4, 0.5) is 0 Å². The summed E-state index contributed by atoms with van der Waals surface area (Å²) < 4.78 is 1.84. The van der Waals surface area contributed by atoms with Crippen LogP contribution in [0.25, 0.3) is 0 Å². The predicted molar refractivity (Wildman–Crippen MR) is 75.0 cm³/mol. The smallest absolute Gasteiger partial charge is 0.131 e. The summed E-state index contributed by atoms with van der Waals surface area (Å²) in [5, 5.41) is 7.90. The van der Waals surface area contributed by atoms with E-state index in [4.69, 9.17) is 0 Å². The van der Waals surface area contributed by atoms with Gasteiger partial charge in [-0.3, -0.25) is 9.58 Å². The molecule has 6 heteroatoms. The largest absolute Gasteiger partial charge is 0.297 e. The van der Waals surface area contributed by atoms with Crippen molar-refractivity contribution in [3.63, 3.8) is 0 Å². The molecule has 1 aliphatic rings. The number of nitrogens with zero attached hydrogens (tertiary/aromatic N) is 6. The van der Waals surface area contributed by atoms with Gasteiger partial charge in [0.05, 0.1) is 11.9 Å². The van der Waals surface area contributed by atoms with Crippen molar-refractivity contribution in [3.05, 3.63) is 35.7 Å². The fourth-order valence-corrected chi connectivity index (χ4v) is 2.70. The van der Waals surface area contributed by atoms with E-state index < -0.39 is 0 Å². The molecule has 2 aromatic heterocycles. The predicted octanol–water partition coefficient (Wildman–Crippen LogP) is 1.29. The highest BCUT2D eigenvalue weighted by Crippen LogP contribution is 2.26. The zero-order chi connectivity index (χ0) is 13.9. The maximum Gasteiger partial charge on any atom is 0.131 e. The molecule has 0 N–H and O–H groups in total. The Balaban J connectivity index is 1.58. The molecule has 3 rings (SSSR count). The van der Waals surface area contributed by atoms with E-state index in [0.29, 0.717) is 5.92 Å². The van der Waals surface area contributed by atoms with Crippen LogP contribution in [0.5, 0.6) is 0 Å². The van der Waals surface area contributed by atoms with Crippen molar-refractivity contribution in [2.75, 3.05) is 13.1 Å². The van der Waals surface area contributed by atoms with Gasteiger partial charge in [-0.05, 0) is 38.9 Å². The molecule has 20 heavy (non-hydrogen) atoms. The molecule has 0 aromatic carbocycles. The minimum atomic E-state index is 0.496. The van der Waals surface area contributed by atoms with Crippen molar-refractivity contribution in [2.45, 2.75) is 32.2 Å². The molecule has 0 spiro atoms. The van der Waals surface area contributed by atoms with Crippen molar-refractivity contribution in [2.24, 2.45) is 7.05 Å². The Morgan fingerprint density at radius 2 is 2.10 bits per heavy atom. The number of hydrogen-bond acceptors (Lipinski definition) is 5. The van der Waals surface area contributed by atoms with Gasteiger partial charge in [-0.25, -0.2) is 9.97 Å². The zero-order valence-electron chi connectivity index (χ0n) is 12.0. The normalized spacial score (nSPS) is 17.5. The van der Waals surface area contributed by atoms with E-state index >= 15 is 0 Å². The van der Waals surface area contributed by atoms with E-state index in [1.165, 1.54) is 0 Å². The maximum atomic E-state index is 4.56. The molecule has 3 heterocycles. The van der Waals surface area contributed by atoms with Gasteiger partial charge in [0, 0.05) is 31.4 Å². The lowest BCUT2D eigenvalue weighted by molar-refractivity contribution is 0.197. The summed E-state index contributed by atoms with van der Waals surface area (Å²) >= 11 is 0. The first-order chi connectivity index (χ1) is 9.72. The Labute approximate surface area is 118 Å². The fourth-order valence-electron chi connectivity index (χ4n) is 2.70. The van der Waals surface area contributed by atoms with Crippen LogP contribution < -0.4 is 0 Å². The van der Waals surface area contributed by atoms with Crippen LogP contribution in [0.3, 0.4) is 0 Å². The zero-order valence-corrected chi connectivity index (χ0v) is 12.0. The Kier molecular flexibility index (Phi) is 3.73. The minimum Gasteiger partial charge on any atom is -0.297 e. The van der Waals surface area contributed by atoms with Crippen LogP contribution in [0.15, 0.2) is 18.5 Å². The summed E-state index contributed by atoms with van der Waals surface area (Å²) in [6, 6.07) is 1.95. The average Bonchev–Trinajstić information content (AvgIpc) is 2.85. The van der Waals surface area contributed by atoms with E-state index in [0.717, 1.165) is 49.7 Å². The molecule has 1 fully saturated rings. The van der Waals surface area contributed by atoms with E-state index in [1.807, 2.05) is 37.1 Å². The highest BCUT2D eigenvalue weighted by atomic mass is 15.4. The summed E-state index contributed by atoms with van der Waals surface area (Å²) in [4.78, 5) is 11.4. The first-order valence-electron chi connectivity index (χ1n) is 7.08. The second-order valence-corrected chi connectivity index (χ2v) is 5.46. The minimum absolute atomic E-state index is 0.496. The van der Waals surface area contributed by atoms with Gasteiger partial charge >= 0.3 is 0 Å². The van der Waals surface area contributed by atoms with Crippen LogP contribution in [0, 0.1) is 6.92 Å². The summed E-state index contributed by atoms with van der Waals surface area (Å²) in [5.41, 5.74) is 2.22. The van der Waals surface area contributed by atoms with E-state index in [1.54, 1.807) is 0 Å². The molecule has 106 valence electrons. The number of aryl methyl sites for hydroxylation is 2. The fraction of sp³-hybridized carbons (Fsp3) is 0.571. The van der Waals surface area contributed by atoms with E-state index in [-0.39, 0.29) is 0 Å². The molecule has 0 radical (unpaired) electrons. The molecule has 0 unspecified atom stereocenters. The van der Waals surface area contributed by atoms with Gasteiger partial charge in [0.15, 0.2) is 0 Å². The Morgan fingerprint density at radius 1 is 1.30 bits per heavy atom. The van der Waals surface area contributed by atoms with Crippen LogP contribution in [-0.4, -0.2) is 43.0 Å². The van der Waals surface area contributed by atoms with Crippen molar-refractivity contribution in [1.82, 2.24) is 29.9 Å². The standard InChI is InChI=1S/C14H20N6/c1-11-3-6-15-14(17-11)12-4-7-20(8-5-12)10-13-9-16-18-19(13)2/h3,6,9,12H,4-5,7-8,10H2,1-2H3. The van der Waals surface area contributed by atoms with Crippen LogP contribution >= 0.6 is 0 Å². The van der Waals surface area contributed by atoms with Crippen LogP contribution in [-0.2, 0) is 13.6 Å². The first-order valence-corrected chi connectivity index (χ1v) is 7.08. The summed E-state index contributed by atoms with van der Waals surface area (Å²) in [6.45, 7) is 5.10. The van der Waals surface area contributed by atoms with Crippen molar-refractivity contribution in [1.29, 1.82) is 0 Å². The van der Waals surface area contributed by atoms with Crippen molar-refractivity contribution < 1.29 is 0 Å². The molecule has 0 bridgehead atoms. The van der Waals surface area contributed by atoms with Crippen molar-refractivity contribution >= 4 is 0 Å². The van der Waals surface area contributed by atoms with Gasteiger partial charge in [-0.2, -0.15) is 0 Å². The van der Waals surface area contributed by atoms with Gasteiger partial charge in [0.2, 0.25) is 0 Å². The van der Waals surface area contributed by atoms with Crippen LogP contribution in [0.1, 0.15) is 36.0 Å². The quantitative estimate of drug-likeness (QED) is 0.842. The first kappa shape index (κ1) is 13.2. The maximum absolute atomic E-state index is 4.56. The molecular weight excluding hydrogens is 252 g/mol. The molecule has 0 saturated carbocycles. The van der Waals surface area contributed by atoms with Gasteiger partial charge < -0.3 is 0 Å². The summed E-state index contributed by atoms with van der Waals surface area (Å²) in [6.07, 6.45) is 5.95. The number of hydrogen-bond donors (Lipinski definition) is 0. The van der Waals surface area contributed by atoms with Gasteiger partial charge in [0.25, 0.3) is 0 Å². The van der Waals surface area contributed by atoms with E-state index in [9.17, 15) is 0 Å². The molecule has 0 aliphatic carbocycles. The molecular formula is C14H20N6. The molecule has 1 saturated heterocycles. The number of rotatable bonds is 3.